The van der Waals surface area contributed by atoms with Crippen LogP contribution in [-0.2, 0) is 22.6 Å². The van der Waals surface area contributed by atoms with Crippen LogP contribution >= 0.6 is 15.9 Å². The molecule has 0 N–H and O–H groups in total. The molecule has 5 heteroatoms. The number of hydrogen-bond acceptors (Lipinski definition) is 3. The number of carbonyl (C=O) groups is 2. The van der Waals surface area contributed by atoms with E-state index >= 15 is 0 Å². The van der Waals surface area contributed by atoms with Gasteiger partial charge in [0, 0.05) is 23.5 Å². The van der Waals surface area contributed by atoms with E-state index in [-0.39, 0.29) is 18.3 Å². The van der Waals surface area contributed by atoms with Crippen LogP contribution in [0, 0.1) is 0 Å². The zero-order chi connectivity index (χ0) is 19.2. The highest BCUT2D eigenvalue weighted by molar-refractivity contribution is 9.10. The van der Waals surface area contributed by atoms with Crippen LogP contribution in [0.1, 0.15) is 37.3 Å². The predicted molar refractivity (Wildman–Crippen MR) is 109 cm³/mol. The molecule has 0 unspecified atom stereocenters. The summed E-state index contributed by atoms with van der Waals surface area (Å²) in [6.45, 7) is 2.25. The standard InChI is InChI=1S/C22H24BrNO3/c1-16(25)5-6-17-7-11-21(12-8-17)27-15-22(26)24(20-9-10-20)14-18-3-2-4-19(23)13-18/h2-4,7-8,11-13,20H,5-6,9-10,14-15H2,1H3. The normalized spacial score (nSPS) is 13.3. The first kappa shape index (κ1) is 19.6. The number of hydrogen-bond donors (Lipinski definition) is 0. The Morgan fingerprint density at radius 1 is 1.11 bits per heavy atom. The first-order valence-electron chi connectivity index (χ1n) is 9.26. The molecule has 0 heterocycles. The van der Waals surface area contributed by atoms with Crippen molar-refractivity contribution in [2.75, 3.05) is 6.61 Å². The van der Waals surface area contributed by atoms with Crippen molar-refractivity contribution in [3.63, 3.8) is 0 Å². The summed E-state index contributed by atoms with van der Waals surface area (Å²) in [4.78, 5) is 25.7. The summed E-state index contributed by atoms with van der Waals surface area (Å²) < 4.78 is 6.72. The molecule has 0 atom stereocenters. The number of amides is 1. The SMILES string of the molecule is CC(=O)CCc1ccc(OCC(=O)N(Cc2cccc(Br)c2)C2CC2)cc1. The van der Waals surface area contributed by atoms with Gasteiger partial charge in [-0.15, -0.1) is 0 Å². The Morgan fingerprint density at radius 3 is 2.48 bits per heavy atom. The minimum absolute atomic E-state index is 0.0122. The van der Waals surface area contributed by atoms with Crippen molar-refractivity contribution in [2.45, 2.75) is 45.2 Å². The third kappa shape index (κ3) is 6.21. The van der Waals surface area contributed by atoms with E-state index in [0.29, 0.717) is 24.8 Å². The largest absolute Gasteiger partial charge is 0.484 e. The Bertz CT molecular complexity index is 799. The average Bonchev–Trinajstić information content (AvgIpc) is 3.48. The minimum Gasteiger partial charge on any atom is -0.484 e. The molecular weight excluding hydrogens is 406 g/mol. The molecule has 0 spiro atoms. The van der Waals surface area contributed by atoms with Gasteiger partial charge in [-0.3, -0.25) is 4.79 Å². The van der Waals surface area contributed by atoms with Crippen molar-refractivity contribution >= 4 is 27.6 Å². The van der Waals surface area contributed by atoms with Gasteiger partial charge in [0.15, 0.2) is 6.61 Å². The smallest absolute Gasteiger partial charge is 0.261 e. The topological polar surface area (TPSA) is 46.6 Å². The summed E-state index contributed by atoms with van der Waals surface area (Å²) in [6.07, 6.45) is 3.40. The van der Waals surface area contributed by atoms with Crippen LogP contribution in [0.25, 0.3) is 0 Å². The molecular formula is C22H24BrNO3. The van der Waals surface area contributed by atoms with Crippen LogP contribution in [0.4, 0.5) is 0 Å². The van der Waals surface area contributed by atoms with E-state index < -0.39 is 0 Å². The molecule has 0 aromatic heterocycles. The van der Waals surface area contributed by atoms with E-state index in [2.05, 4.69) is 15.9 Å². The van der Waals surface area contributed by atoms with Crippen LogP contribution in [0.3, 0.4) is 0 Å². The van der Waals surface area contributed by atoms with Crippen molar-refractivity contribution in [1.29, 1.82) is 0 Å². The fourth-order valence-electron chi connectivity index (χ4n) is 2.94. The molecule has 2 aromatic carbocycles. The zero-order valence-corrected chi connectivity index (χ0v) is 17.1. The van der Waals surface area contributed by atoms with Crippen LogP contribution < -0.4 is 4.74 Å². The molecule has 1 aliphatic rings. The van der Waals surface area contributed by atoms with E-state index in [1.165, 1.54) is 0 Å². The number of Topliss-reactive ketones (excluding diaryl/α,β-unsaturated/α-hetero) is 1. The van der Waals surface area contributed by atoms with E-state index in [9.17, 15) is 9.59 Å². The van der Waals surface area contributed by atoms with Crippen molar-refractivity contribution in [3.05, 3.63) is 64.1 Å². The van der Waals surface area contributed by atoms with Crippen molar-refractivity contribution < 1.29 is 14.3 Å². The van der Waals surface area contributed by atoms with Gasteiger partial charge in [0.25, 0.3) is 5.91 Å². The summed E-state index contributed by atoms with van der Waals surface area (Å²) in [5.41, 5.74) is 2.21. The highest BCUT2D eigenvalue weighted by Crippen LogP contribution is 2.29. The number of rotatable bonds is 9. The van der Waals surface area contributed by atoms with Gasteiger partial charge in [0.1, 0.15) is 11.5 Å². The Balaban J connectivity index is 1.54. The van der Waals surface area contributed by atoms with Gasteiger partial charge in [-0.2, -0.15) is 0 Å². The lowest BCUT2D eigenvalue weighted by Gasteiger charge is -2.23. The number of ether oxygens (including phenoxy) is 1. The molecule has 0 aliphatic heterocycles. The molecule has 3 rings (SSSR count). The molecule has 27 heavy (non-hydrogen) atoms. The number of nitrogens with zero attached hydrogens (tertiary/aromatic N) is 1. The molecule has 0 saturated heterocycles. The van der Waals surface area contributed by atoms with Gasteiger partial charge in [-0.1, -0.05) is 40.2 Å². The zero-order valence-electron chi connectivity index (χ0n) is 15.5. The number of halogens is 1. The summed E-state index contributed by atoms with van der Waals surface area (Å²) in [7, 11) is 0. The van der Waals surface area contributed by atoms with Crippen LogP contribution in [0.2, 0.25) is 0 Å². The first-order valence-corrected chi connectivity index (χ1v) is 10.1. The lowest BCUT2D eigenvalue weighted by Crippen LogP contribution is -2.36. The molecule has 1 amide bonds. The lowest BCUT2D eigenvalue weighted by molar-refractivity contribution is -0.134. The second kappa shape index (κ2) is 9.18. The van der Waals surface area contributed by atoms with Crippen molar-refractivity contribution in [2.24, 2.45) is 0 Å². The van der Waals surface area contributed by atoms with E-state index in [4.69, 9.17) is 4.74 Å². The Kier molecular flexibility index (Phi) is 6.67. The summed E-state index contributed by atoms with van der Waals surface area (Å²) in [5, 5.41) is 0. The monoisotopic (exact) mass is 429 g/mol. The average molecular weight is 430 g/mol. The molecule has 142 valence electrons. The summed E-state index contributed by atoms with van der Waals surface area (Å²) in [6, 6.07) is 16.0. The van der Waals surface area contributed by atoms with E-state index in [1.807, 2.05) is 53.4 Å². The molecule has 1 saturated carbocycles. The number of carbonyl (C=O) groups excluding carboxylic acids is 2. The number of ketones is 1. The van der Waals surface area contributed by atoms with Crippen LogP contribution in [0.15, 0.2) is 53.0 Å². The van der Waals surface area contributed by atoms with Gasteiger partial charge in [-0.25, -0.2) is 0 Å². The van der Waals surface area contributed by atoms with E-state index in [0.717, 1.165) is 34.9 Å². The van der Waals surface area contributed by atoms with Crippen molar-refractivity contribution in [3.8, 4) is 5.75 Å². The molecule has 4 nitrogen and oxygen atoms in total. The highest BCUT2D eigenvalue weighted by atomic mass is 79.9. The third-order valence-electron chi connectivity index (χ3n) is 4.60. The maximum absolute atomic E-state index is 12.7. The minimum atomic E-state index is 0.0122. The van der Waals surface area contributed by atoms with Crippen LogP contribution in [0.5, 0.6) is 5.75 Å². The van der Waals surface area contributed by atoms with Gasteiger partial charge >= 0.3 is 0 Å². The first-order chi connectivity index (χ1) is 13.0. The maximum atomic E-state index is 12.7. The molecule has 1 aliphatic carbocycles. The predicted octanol–water partition coefficient (Wildman–Crippen LogP) is 4.54. The maximum Gasteiger partial charge on any atom is 0.261 e. The third-order valence-corrected chi connectivity index (χ3v) is 5.09. The Hall–Kier alpha value is -2.14. The Morgan fingerprint density at radius 2 is 1.85 bits per heavy atom. The second-order valence-corrected chi connectivity index (χ2v) is 7.93. The number of aryl methyl sites for hydroxylation is 1. The molecule has 0 radical (unpaired) electrons. The van der Waals surface area contributed by atoms with Gasteiger partial charge < -0.3 is 14.4 Å². The number of benzene rings is 2. The van der Waals surface area contributed by atoms with Crippen molar-refractivity contribution in [1.82, 2.24) is 4.90 Å². The van der Waals surface area contributed by atoms with E-state index in [1.54, 1.807) is 6.92 Å². The van der Waals surface area contributed by atoms with Gasteiger partial charge in [0.05, 0.1) is 0 Å². The Labute approximate surface area is 168 Å². The summed E-state index contributed by atoms with van der Waals surface area (Å²) in [5.74, 6) is 0.873. The lowest BCUT2D eigenvalue weighted by atomic mass is 10.1. The van der Waals surface area contributed by atoms with Gasteiger partial charge in [-0.05, 0) is 61.6 Å². The molecule has 1 fully saturated rings. The fourth-order valence-corrected chi connectivity index (χ4v) is 3.39. The highest BCUT2D eigenvalue weighted by Gasteiger charge is 2.32. The second-order valence-electron chi connectivity index (χ2n) is 7.02. The summed E-state index contributed by atoms with van der Waals surface area (Å²) >= 11 is 3.48. The van der Waals surface area contributed by atoms with Crippen LogP contribution in [-0.4, -0.2) is 29.2 Å². The fraction of sp³-hybridized carbons (Fsp3) is 0.364. The van der Waals surface area contributed by atoms with Gasteiger partial charge in [0.2, 0.25) is 0 Å². The molecule has 0 bridgehead atoms. The molecule has 2 aromatic rings. The quantitative estimate of drug-likeness (QED) is 0.587.